The van der Waals surface area contributed by atoms with E-state index in [2.05, 4.69) is 0 Å². The van der Waals surface area contributed by atoms with Gasteiger partial charge in [-0.05, 0) is 30.3 Å². The fourth-order valence-corrected chi connectivity index (χ4v) is 2.18. The molecule has 0 bridgehead atoms. The summed E-state index contributed by atoms with van der Waals surface area (Å²) in [6.07, 6.45) is 0. The van der Waals surface area contributed by atoms with Gasteiger partial charge in [-0.3, -0.25) is 0 Å². The lowest BCUT2D eigenvalue weighted by Crippen LogP contribution is -2.05. The van der Waals surface area contributed by atoms with Crippen LogP contribution in [0, 0.1) is 0 Å². The number of benzene rings is 2. The first-order chi connectivity index (χ1) is 9.38. The van der Waals surface area contributed by atoms with Crippen molar-refractivity contribution in [2.24, 2.45) is 0 Å². The second-order valence-electron chi connectivity index (χ2n) is 3.93. The van der Waals surface area contributed by atoms with Crippen LogP contribution < -0.4 is 4.74 Å². The molecule has 0 saturated carbocycles. The van der Waals surface area contributed by atoms with Gasteiger partial charge < -0.3 is 4.74 Å². The fraction of sp³-hybridized carbons (Fsp3) is 0. The van der Waals surface area contributed by atoms with Crippen LogP contribution in [0.3, 0.4) is 0 Å². The highest BCUT2D eigenvalue weighted by atomic mass is 35.5. The second-order valence-corrected chi connectivity index (χ2v) is 5.88. The summed E-state index contributed by atoms with van der Waals surface area (Å²) in [6.45, 7) is 0. The summed E-state index contributed by atoms with van der Waals surface area (Å²) in [7, 11) is -4.56. The molecule has 104 valence electrons. The van der Waals surface area contributed by atoms with Gasteiger partial charge in [-0.15, -0.1) is 0 Å². The van der Waals surface area contributed by atoms with Gasteiger partial charge in [0.25, 0.3) is 0 Å². The van der Waals surface area contributed by atoms with Gasteiger partial charge in [0.2, 0.25) is 0 Å². The lowest BCUT2D eigenvalue weighted by atomic mass is 10.2. The van der Waals surface area contributed by atoms with Gasteiger partial charge in [0.15, 0.2) is 0 Å². The lowest BCUT2D eigenvalue weighted by Gasteiger charge is -2.08. The van der Waals surface area contributed by atoms with Crippen LogP contribution in [0.1, 0.15) is 10.4 Å². The van der Waals surface area contributed by atoms with Crippen molar-refractivity contribution < 1.29 is 24.2 Å². The molecule has 0 saturated heterocycles. The molecular formula is C13H11ClO5P+. The Balaban J connectivity index is 2.27. The molecule has 7 heteroatoms. The average Bonchev–Trinajstić information content (AvgIpc) is 2.40. The summed E-state index contributed by atoms with van der Waals surface area (Å²) in [5.41, 5.74) is -1.20. The Morgan fingerprint density at radius 3 is 2.40 bits per heavy atom. The number of carbonyl (C=O) groups is 1. The largest absolute Gasteiger partial charge is 0.483 e. The summed E-state index contributed by atoms with van der Waals surface area (Å²) in [6, 6.07) is 12.5. The molecule has 0 heterocycles. The molecule has 0 unspecified atom stereocenters. The SMILES string of the molecule is O=C(c1cccc(Oc2ccccc2Cl)c1)[P+](O)(O)O. The molecule has 20 heavy (non-hydrogen) atoms. The van der Waals surface area contributed by atoms with Crippen molar-refractivity contribution in [1.82, 2.24) is 0 Å². The van der Waals surface area contributed by atoms with Gasteiger partial charge in [0.05, 0.1) is 10.6 Å². The monoisotopic (exact) mass is 313 g/mol. The molecule has 0 aliphatic heterocycles. The van der Waals surface area contributed by atoms with Crippen LogP contribution in [0.25, 0.3) is 0 Å². The van der Waals surface area contributed by atoms with Crippen molar-refractivity contribution in [2.75, 3.05) is 0 Å². The van der Waals surface area contributed by atoms with Gasteiger partial charge in [-0.25, -0.2) is 4.79 Å². The van der Waals surface area contributed by atoms with E-state index in [1.807, 2.05) is 0 Å². The number of ether oxygens (including phenoxy) is 1. The molecule has 0 fully saturated rings. The van der Waals surface area contributed by atoms with Crippen LogP contribution in [0.4, 0.5) is 0 Å². The molecule has 0 radical (unpaired) electrons. The van der Waals surface area contributed by atoms with Gasteiger partial charge >= 0.3 is 13.5 Å². The molecule has 0 aliphatic carbocycles. The van der Waals surface area contributed by atoms with E-state index in [9.17, 15) is 4.79 Å². The quantitative estimate of drug-likeness (QED) is 0.755. The van der Waals surface area contributed by atoms with E-state index >= 15 is 0 Å². The number of hydrogen-bond donors (Lipinski definition) is 3. The van der Waals surface area contributed by atoms with Crippen LogP contribution in [0.2, 0.25) is 5.02 Å². The molecule has 2 aromatic carbocycles. The van der Waals surface area contributed by atoms with Crippen molar-refractivity contribution in [3.63, 3.8) is 0 Å². The van der Waals surface area contributed by atoms with Crippen LogP contribution in [0.5, 0.6) is 11.5 Å². The Morgan fingerprint density at radius 2 is 1.75 bits per heavy atom. The van der Waals surface area contributed by atoms with Gasteiger partial charge in [0.1, 0.15) is 11.5 Å². The summed E-state index contributed by atoms with van der Waals surface area (Å²) >= 11 is 5.94. The van der Waals surface area contributed by atoms with Gasteiger partial charge in [-0.1, -0.05) is 29.8 Å². The first kappa shape index (κ1) is 14.9. The third kappa shape index (κ3) is 3.54. The molecule has 5 nitrogen and oxygen atoms in total. The van der Waals surface area contributed by atoms with Crippen molar-refractivity contribution >= 4 is 25.1 Å². The van der Waals surface area contributed by atoms with E-state index in [1.165, 1.54) is 18.2 Å². The molecule has 0 amide bonds. The maximum atomic E-state index is 11.6. The average molecular weight is 314 g/mol. The lowest BCUT2D eigenvalue weighted by molar-refractivity contribution is 0.102. The Hall–Kier alpha value is -1.49. The standard InChI is InChI=1S/C13H11ClO5P/c14-11-6-1-2-7-12(11)19-10-5-3-4-9(8-10)13(15)20(16,17)18/h1-8,16-18H/q+1. The summed E-state index contributed by atoms with van der Waals surface area (Å²) in [5, 5.41) is 0.401. The van der Waals surface area contributed by atoms with Crippen molar-refractivity contribution in [3.05, 3.63) is 59.1 Å². The third-order valence-corrected chi connectivity index (χ3v) is 3.53. The van der Waals surface area contributed by atoms with Crippen LogP contribution >= 0.6 is 19.5 Å². The zero-order valence-corrected chi connectivity index (χ0v) is 11.8. The van der Waals surface area contributed by atoms with Crippen LogP contribution in [-0.2, 0) is 0 Å². The van der Waals surface area contributed by atoms with Crippen molar-refractivity contribution in [2.45, 2.75) is 0 Å². The summed E-state index contributed by atoms with van der Waals surface area (Å²) in [4.78, 5) is 38.5. The van der Waals surface area contributed by atoms with Crippen LogP contribution in [0.15, 0.2) is 48.5 Å². The third-order valence-electron chi connectivity index (χ3n) is 2.42. The van der Waals surface area contributed by atoms with Gasteiger partial charge in [-0.2, -0.15) is 14.7 Å². The molecule has 2 rings (SSSR count). The maximum absolute atomic E-state index is 11.6. The van der Waals surface area contributed by atoms with E-state index in [0.29, 0.717) is 10.8 Å². The van der Waals surface area contributed by atoms with E-state index in [1.54, 1.807) is 30.3 Å². The fourth-order valence-electron chi connectivity index (χ4n) is 1.52. The highest BCUT2D eigenvalue weighted by Gasteiger charge is 2.43. The first-order valence-corrected chi connectivity index (χ1v) is 7.55. The molecule has 0 spiro atoms. The predicted molar refractivity (Wildman–Crippen MR) is 75.9 cm³/mol. The van der Waals surface area contributed by atoms with E-state index in [0.717, 1.165) is 0 Å². The molecule has 2 aromatic rings. The molecule has 3 N–H and O–H groups in total. The highest BCUT2D eigenvalue weighted by molar-refractivity contribution is 7.76. The van der Waals surface area contributed by atoms with E-state index in [4.69, 9.17) is 31.0 Å². The Kier molecular flexibility index (Phi) is 4.38. The Morgan fingerprint density at radius 1 is 1.05 bits per heavy atom. The minimum atomic E-state index is -4.56. The minimum absolute atomic E-state index is 0.0598. The zero-order valence-electron chi connectivity index (χ0n) is 10.1. The minimum Gasteiger partial charge on any atom is -0.456 e. The molecule has 0 atom stereocenters. The topological polar surface area (TPSA) is 87.0 Å². The molecule has 0 aliphatic rings. The summed E-state index contributed by atoms with van der Waals surface area (Å²) < 4.78 is 5.50. The smallest absolute Gasteiger partial charge is 0.456 e. The molecular weight excluding hydrogens is 303 g/mol. The normalized spacial score (nSPS) is 11.2. The number of rotatable bonds is 4. The zero-order chi connectivity index (χ0) is 14.8. The number of carbonyl (C=O) groups excluding carboxylic acids is 1. The van der Waals surface area contributed by atoms with Crippen molar-refractivity contribution in [1.29, 1.82) is 0 Å². The first-order valence-electron chi connectivity index (χ1n) is 5.52. The highest BCUT2D eigenvalue weighted by Crippen LogP contribution is 2.48. The number of hydrogen-bond acceptors (Lipinski definition) is 5. The van der Waals surface area contributed by atoms with E-state index < -0.39 is 13.5 Å². The predicted octanol–water partition coefficient (Wildman–Crippen LogP) is 3.01. The van der Waals surface area contributed by atoms with Crippen LogP contribution in [-0.4, -0.2) is 20.2 Å². The summed E-state index contributed by atoms with van der Waals surface area (Å²) in [5.74, 6) is 0.689. The number of halogens is 1. The second kappa shape index (κ2) is 5.87. The maximum Gasteiger partial charge on any atom is 0.483 e. The molecule has 0 aromatic heterocycles. The number of para-hydroxylation sites is 1. The van der Waals surface area contributed by atoms with Gasteiger partial charge in [0, 0.05) is 0 Å². The van der Waals surface area contributed by atoms with Crippen molar-refractivity contribution in [3.8, 4) is 11.5 Å². The van der Waals surface area contributed by atoms with E-state index in [-0.39, 0.29) is 11.3 Å². The Bertz CT molecular complexity index is 639. The Labute approximate surface area is 120 Å².